The summed E-state index contributed by atoms with van der Waals surface area (Å²) in [5, 5.41) is 20.5. The second-order valence-electron chi connectivity index (χ2n) is 8.85. The van der Waals surface area contributed by atoms with Crippen molar-refractivity contribution in [3.63, 3.8) is 0 Å². The van der Waals surface area contributed by atoms with Crippen LogP contribution < -0.4 is 0 Å². The number of allylic oxidation sites excluding steroid dienone is 2. The molecule has 8 atom stereocenters. The molecule has 4 aliphatic carbocycles. The van der Waals surface area contributed by atoms with E-state index in [0.717, 1.165) is 25.2 Å². The van der Waals surface area contributed by atoms with Crippen molar-refractivity contribution in [1.82, 2.24) is 0 Å². The summed E-state index contributed by atoms with van der Waals surface area (Å²) in [7, 11) is 0. The molecule has 3 fully saturated rings. The average molecular weight is 290 g/mol. The van der Waals surface area contributed by atoms with Crippen LogP contribution in [-0.2, 0) is 0 Å². The molecule has 0 aromatic carbocycles. The largest absolute Gasteiger partial charge is 0.393 e. The molecule has 0 bridgehead atoms. The van der Waals surface area contributed by atoms with Gasteiger partial charge in [0.1, 0.15) is 0 Å². The van der Waals surface area contributed by atoms with Crippen molar-refractivity contribution in [3.05, 3.63) is 12.2 Å². The zero-order chi connectivity index (χ0) is 14.8. The Hall–Kier alpha value is -0.340. The quantitative estimate of drug-likeness (QED) is 0.670. The van der Waals surface area contributed by atoms with Gasteiger partial charge in [0.05, 0.1) is 12.2 Å². The van der Waals surface area contributed by atoms with E-state index in [9.17, 15) is 10.2 Å². The van der Waals surface area contributed by atoms with Gasteiger partial charge in [-0.3, -0.25) is 0 Å². The Balaban J connectivity index is 1.68. The highest BCUT2D eigenvalue weighted by atomic mass is 16.3. The number of aliphatic hydroxyl groups excluding tert-OH is 2. The van der Waals surface area contributed by atoms with Gasteiger partial charge in [-0.15, -0.1) is 0 Å². The standard InChI is InChI=1S/C19H30O2/c1-18-9-7-13(20)11-12(18)3-4-14-15-5-6-17(21)19(15,2)10-8-16(14)18/h3-4,12-17,20-21H,5-11H2,1-2H3/t12?,13-,14?,15?,16?,17-,18-,19-/m0/s1. The van der Waals surface area contributed by atoms with Crippen LogP contribution in [0.1, 0.15) is 58.8 Å². The van der Waals surface area contributed by atoms with Gasteiger partial charge < -0.3 is 10.2 Å². The van der Waals surface area contributed by atoms with E-state index in [1.165, 1.54) is 25.7 Å². The summed E-state index contributed by atoms with van der Waals surface area (Å²) < 4.78 is 0. The first-order chi connectivity index (χ1) is 9.95. The zero-order valence-electron chi connectivity index (χ0n) is 13.5. The first-order valence-corrected chi connectivity index (χ1v) is 8.99. The van der Waals surface area contributed by atoms with Gasteiger partial charge in [-0.2, -0.15) is 0 Å². The Morgan fingerprint density at radius 2 is 1.57 bits per heavy atom. The van der Waals surface area contributed by atoms with Crippen molar-refractivity contribution < 1.29 is 10.2 Å². The molecule has 4 rings (SSSR count). The molecule has 0 aliphatic heterocycles. The summed E-state index contributed by atoms with van der Waals surface area (Å²) in [5.41, 5.74) is 0.538. The second kappa shape index (κ2) is 4.58. The fourth-order valence-electron chi connectivity index (χ4n) is 6.57. The van der Waals surface area contributed by atoms with Crippen LogP contribution in [0, 0.1) is 34.5 Å². The van der Waals surface area contributed by atoms with E-state index < -0.39 is 0 Å². The van der Waals surface area contributed by atoms with Crippen molar-refractivity contribution in [2.45, 2.75) is 71.0 Å². The van der Waals surface area contributed by atoms with E-state index in [2.05, 4.69) is 26.0 Å². The van der Waals surface area contributed by atoms with Crippen LogP contribution in [0.2, 0.25) is 0 Å². The summed E-state index contributed by atoms with van der Waals surface area (Å²) in [4.78, 5) is 0. The zero-order valence-corrected chi connectivity index (χ0v) is 13.5. The molecule has 4 aliphatic rings. The normalized spacial score (nSPS) is 59.2. The lowest BCUT2D eigenvalue weighted by molar-refractivity contribution is -0.0894. The van der Waals surface area contributed by atoms with Crippen molar-refractivity contribution >= 4 is 0 Å². The maximum absolute atomic E-state index is 10.4. The average Bonchev–Trinajstić information content (AvgIpc) is 2.76. The first-order valence-electron chi connectivity index (χ1n) is 8.99. The third-order valence-corrected chi connectivity index (χ3v) is 8.08. The number of hydrogen-bond donors (Lipinski definition) is 2. The third-order valence-electron chi connectivity index (χ3n) is 8.08. The van der Waals surface area contributed by atoms with E-state index in [4.69, 9.17) is 0 Å². The third kappa shape index (κ3) is 1.84. The Labute approximate surface area is 128 Å². The van der Waals surface area contributed by atoms with Crippen molar-refractivity contribution in [3.8, 4) is 0 Å². The van der Waals surface area contributed by atoms with E-state index in [0.29, 0.717) is 23.2 Å². The van der Waals surface area contributed by atoms with Crippen molar-refractivity contribution in [2.75, 3.05) is 0 Å². The lowest BCUT2D eigenvalue weighted by Gasteiger charge is -2.58. The first kappa shape index (κ1) is 14.3. The van der Waals surface area contributed by atoms with Gasteiger partial charge in [0.15, 0.2) is 0 Å². The Bertz CT molecular complexity index is 458. The molecule has 2 heteroatoms. The fraction of sp³-hybridized carbons (Fsp3) is 0.895. The van der Waals surface area contributed by atoms with E-state index in [1.807, 2.05) is 0 Å². The van der Waals surface area contributed by atoms with Gasteiger partial charge >= 0.3 is 0 Å². The lowest BCUT2D eigenvalue weighted by atomic mass is 9.47. The van der Waals surface area contributed by atoms with E-state index >= 15 is 0 Å². The van der Waals surface area contributed by atoms with E-state index in [1.54, 1.807) is 0 Å². The van der Waals surface area contributed by atoms with Crippen LogP contribution in [0.5, 0.6) is 0 Å². The highest BCUT2D eigenvalue weighted by Gasteiger charge is 2.58. The van der Waals surface area contributed by atoms with Crippen LogP contribution >= 0.6 is 0 Å². The number of aliphatic hydroxyl groups is 2. The molecule has 118 valence electrons. The molecule has 0 radical (unpaired) electrons. The topological polar surface area (TPSA) is 40.5 Å². The van der Waals surface area contributed by atoms with Crippen molar-refractivity contribution in [2.24, 2.45) is 34.5 Å². The maximum Gasteiger partial charge on any atom is 0.0596 e. The van der Waals surface area contributed by atoms with Gasteiger partial charge in [-0.1, -0.05) is 26.0 Å². The molecule has 0 aromatic rings. The summed E-state index contributed by atoms with van der Waals surface area (Å²) >= 11 is 0. The highest BCUT2D eigenvalue weighted by Crippen LogP contribution is 2.64. The summed E-state index contributed by atoms with van der Waals surface area (Å²) in [6.45, 7) is 4.82. The molecule has 2 N–H and O–H groups in total. The molecular weight excluding hydrogens is 260 g/mol. The minimum absolute atomic E-state index is 0.0874. The summed E-state index contributed by atoms with van der Waals surface area (Å²) in [6, 6.07) is 0. The number of fused-ring (bicyclic) bond motifs is 5. The fourth-order valence-corrected chi connectivity index (χ4v) is 6.57. The van der Waals surface area contributed by atoms with Crippen LogP contribution in [0.3, 0.4) is 0 Å². The molecule has 0 saturated heterocycles. The number of rotatable bonds is 0. The highest BCUT2D eigenvalue weighted by molar-refractivity contribution is 5.18. The van der Waals surface area contributed by atoms with Gasteiger partial charge in [0, 0.05) is 0 Å². The van der Waals surface area contributed by atoms with E-state index in [-0.39, 0.29) is 17.6 Å². The Morgan fingerprint density at radius 1 is 0.857 bits per heavy atom. The van der Waals surface area contributed by atoms with Crippen LogP contribution in [-0.4, -0.2) is 22.4 Å². The lowest BCUT2D eigenvalue weighted by Crippen LogP contribution is -2.52. The van der Waals surface area contributed by atoms with Gasteiger partial charge in [0.25, 0.3) is 0 Å². The molecule has 2 nitrogen and oxygen atoms in total. The Morgan fingerprint density at radius 3 is 2.38 bits per heavy atom. The minimum Gasteiger partial charge on any atom is -0.393 e. The predicted molar refractivity (Wildman–Crippen MR) is 83.6 cm³/mol. The Kier molecular flexibility index (Phi) is 3.11. The number of hydrogen-bond acceptors (Lipinski definition) is 2. The summed E-state index contributed by atoms with van der Waals surface area (Å²) in [5.74, 6) is 2.67. The van der Waals surface area contributed by atoms with Gasteiger partial charge in [0.2, 0.25) is 0 Å². The monoisotopic (exact) mass is 290 g/mol. The van der Waals surface area contributed by atoms with Crippen molar-refractivity contribution in [1.29, 1.82) is 0 Å². The summed E-state index contributed by atoms with van der Waals surface area (Å²) in [6.07, 6.45) is 12.5. The van der Waals surface area contributed by atoms with Crippen LogP contribution in [0.25, 0.3) is 0 Å². The maximum atomic E-state index is 10.4. The molecule has 0 heterocycles. The van der Waals surface area contributed by atoms with Crippen LogP contribution in [0.15, 0.2) is 12.2 Å². The second-order valence-corrected chi connectivity index (χ2v) is 8.85. The molecule has 3 saturated carbocycles. The molecule has 0 spiro atoms. The SMILES string of the molecule is C[C@]12CC[C@H](O)CC1C=CC1C2CC[C@@]2(C)C1CC[C@@H]2O. The molecule has 0 amide bonds. The molecule has 0 aromatic heterocycles. The molecular formula is C19H30O2. The molecule has 21 heavy (non-hydrogen) atoms. The van der Waals surface area contributed by atoms with Gasteiger partial charge in [-0.25, -0.2) is 0 Å². The predicted octanol–water partition coefficient (Wildman–Crippen LogP) is 3.53. The minimum atomic E-state index is -0.0913. The van der Waals surface area contributed by atoms with Crippen LogP contribution in [0.4, 0.5) is 0 Å². The van der Waals surface area contributed by atoms with Gasteiger partial charge in [-0.05, 0) is 79.4 Å². The smallest absolute Gasteiger partial charge is 0.0596 e. The molecule has 4 unspecified atom stereocenters.